The molecule has 0 saturated heterocycles. The van der Waals surface area contributed by atoms with Gasteiger partial charge >= 0.3 is 6.18 Å². The van der Waals surface area contributed by atoms with E-state index in [1.165, 1.54) is 35.2 Å². The minimum absolute atomic E-state index is 0.0658. The van der Waals surface area contributed by atoms with Crippen molar-refractivity contribution in [2.45, 2.75) is 11.1 Å². The van der Waals surface area contributed by atoms with E-state index in [4.69, 9.17) is 5.26 Å². The monoisotopic (exact) mass is 350 g/mol. The number of hydrogen-bond acceptors (Lipinski definition) is 4. The molecule has 0 bridgehead atoms. The molecule has 0 unspecified atom stereocenters. The van der Waals surface area contributed by atoms with E-state index in [1.807, 2.05) is 0 Å². The lowest BCUT2D eigenvalue weighted by Crippen LogP contribution is -2.21. The summed E-state index contributed by atoms with van der Waals surface area (Å²) in [6, 6.07) is 11.9. The Hall–Kier alpha value is -2.79. The van der Waals surface area contributed by atoms with Crippen LogP contribution in [0.25, 0.3) is 0 Å². The van der Waals surface area contributed by atoms with Gasteiger partial charge in [0.15, 0.2) is 4.91 Å². The number of sulfone groups is 1. The minimum atomic E-state index is -4.46. The van der Waals surface area contributed by atoms with E-state index in [0.29, 0.717) is 5.69 Å². The van der Waals surface area contributed by atoms with Gasteiger partial charge in [-0.3, -0.25) is 0 Å². The van der Waals surface area contributed by atoms with Gasteiger partial charge in [0.25, 0.3) is 0 Å². The first-order chi connectivity index (χ1) is 11.2. The quantitative estimate of drug-likeness (QED) is 0.780. The van der Waals surface area contributed by atoms with Crippen molar-refractivity contribution in [3.8, 4) is 6.07 Å². The molecule has 4 nitrogen and oxygen atoms in total. The average Bonchev–Trinajstić information content (AvgIpc) is 2.54. The van der Waals surface area contributed by atoms with Crippen molar-refractivity contribution in [1.82, 2.24) is 0 Å². The second kappa shape index (κ2) is 5.39. The van der Waals surface area contributed by atoms with Crippen molar-refractivity contribution in [1.29, 1.82) is 5.26 Å². The molecule has 3 rings (SSSR count). The maximum absolute atomic E-state index is 12.7. The van der Waals surface area contributed by atoms with Crippen LogP contribution in [0, 0.1) is 11.3 Å². The summed E-state index contributed by atoms with van der Waals surface area (Å²) in [4.78, 5) is 0.847. The number of para-hydroxylation sites is 1. The molecule has 0 fully saturated rings. The third-order valence-corrected chi connectivity index (χ3v) is 5.23. The van der Waals surface area contributed by atoms with Gasteiger partial charge in [0.2, 0.25) is 9.84 Å². The van der Waals surface area contributed by atoms with E-state index >= 15 is 0 Å². The number of alkyl halides is 3. The summed E-state index contributed by atoms with van der Waals surface area (Å²) in [5.74, 6) is 0. The van der Waals surface area contributed by atoms with Crippen LogP contribution in [0.3, 0.4) is 0 Å². The van der Waals surface area contributed by atoms with Gasteiger partial charge in [-0.15, -0.1) is 0 Å². The molecule has 0 spiro atoms. The second-order valence-corrected chi connectivity index (χ2v) is 6.88. The normalized spacial score (nSPS) is 16.1. The van der Waals surface area contributed by atoms with Gasteiger partial charge in [0.1, 0.15) is 6.07 Å². The Balaban J connectivity index is 2.16. The molecule has 0 radical (unpaired) electrons. The van der Waals surface area contributed by atoms with Crippen molar-refractivity contribution in [2.24, 2.45) is 0 Å². The van der Waals surface area contributed by atoms with Gasteiger partial charge in [-0.05, 0) is 36.4 Å². The highest BCUT2D eigenvalue weighted by Gasteiger charge is 2.33. The minimum Gasteiger partial charge on any atom is -0.314 e. The van der Waals surface area contributed by atoms with Crippen molar-refractivity contribution >= 4 is 21.2 Å². The van der Waals surface area contributed by atoms with Gasteiger partial charge in [-0.25, -0.2) is 8.42 Å². The second-order valence-electron chi connectivity index (χ2n) is 4.99. The molecule has 1 aliphatic rings. The number of rotatable bonds is 1. The maximum Gasteiger partial charge on any atom is 0.416 e. The SMILES string of the molecule is N#CC1=CN(c2ccc(C(F)(F)F)cc2)c2ccccc2S1(=O)=O. The van der Waals surface area contributed by atoms with Crippen LogP contribution in [-0.4, -0.2) is 8.42 Å². The smallest absolute Gasteiger partial charge is 0.314 e. The highest BCUT2D eigenvalue weighted by Crippen LogP contribution is 2.40. The van der Waals surface area contributed by atoms with Gasteiger partial charge in [0.05, 0.1) is 16.1 Å². The lowest BCUT2D eigenvalue weighted by Gasteiger charge is -2.27. The Kier molecular flexibility index (Phi) is 3.61. The van der Waals surface area contributed by atoms with Crippen LogP contribution in [0.1, 0.15) is 5.56 Å². The Labute approximate surface area is 136 Å². The highest BCUT2D eigenvalue weighted by molar-refractivity contribution is 7.95. The number of hydrogen-bond donors (Lipinski definition) is 0. The van der Waals surface area contributed by atoms with Gasteiger partial charge in [-0.2, -0.15) is 18.4 Å². The first-order valence-corrected chi connectivity index (χ1v) is 8.16. The largest absolute Gasteiger partial charge is 0.416 e. The molecule has 2 aromatic rings. The zero-order valence-corrected chi connectivity index (χ0v) is 12.8. The van der Waals surface area contributed by atoms with Gasteiger partial charge in [-0.1, -0.05) is 12.1 Å². The average molecular weight is 350 g/mol. The van der Waals surface area contributed by atoms with Crippen LogP contribution in [-0.2, 0) is 16.0 Å². The van der Waals surface area contributed by atoms with E-state index in [9.17, 15) is 21.6 Å². The summed E-state index contributed by atoms with van der Waals surface area (Å²) in [5, 5.41) is 9.09. The first-order valence-electron chi connectivity index (χ1n) is 6.67. The zero-order chi connectivity index (χ0) is 17.5. The molecular weight excluding hydrogens is 341 g/mol. The predicted molar refractivity (Wildman–Crippen MR) is 80.9 cm³/mol. The Bertz CT molecular complexity index is 972. The summed E-state index contributed by atoms with van der Waals surface area (Å²) >= 11 is 0. The summed E-state index contributed by atoms with van der Waals surface area (Å²) in [6.45, 7) is 0. The fraction of sp³-hybridized carbons (Fsp3) is 0.0625. The first kappa shape index (κ1) is 16.1. The Morgan fingerprint density at radius 3 is 2.21 bits per heavy atom. The molecule has 0 amide bonds. The summed E-state index contributed by atoms with van der Waals surface area (Å²) in [5.41, 5.74) is -0.219. The molecule has 1 heterocycles. The molecule has 24 heavy (non-hydrogen) atoms. The van der Waals surface area contributed by atoms with E-state index in [1.54, 1.807) is 12.1 Å². The number of nitriles is 1. The third-order valence-electron chi connectivity index (χ3n) is 3.53. The van der Waals surface area contributed by atoms with Crippen LogP contribution in [0.5, 0.6) is 0 Å². The number of halogens is 3. The van der Waals surface area contributed by atoms with E-state index in [0.717, 1.165) is 18.3 Å². The standard InChI is InChI=1S/C16H9F3N2O2S/c17-16(18,19)11-5-7-12(8-6-11)21-10-13(9-20)24(22,23)15-4-2-1-3-14(15)21/h1-8,10H. The van der Waals surface area contributed by atoms with Crippen molar-refractivity contribution in [3.63, 3.8) is 0 Å². The number of benzene rings is 2. The summed E-state index contributed by atoms with van der Waals surface area (Å²) in [6.07, 6.45) is -3.35. The van der Waals surface area contributed by atoms with E-state index in [-0.39, 0.29) is 10.6 Å². The molecule has 0 atom stereocenters. The molecule has 122 valence electrons. The third kappa shape index (κ3) is 2.53. The highest BCUT2D eigenvalue weighted by atomic mass is 32.2. The Morgan fingerprint density at radius 1 is 1.00 bits per heavy atom. The zero-order valence-electron chi connectivity index (χ0n) is 11.9. The van der Waals surface area contributed by atoms with Crippen LogP contribution >= 0.6 is 0 Å². The fourth-order valence-electron chi connectivity index (χ4n) is 2.37. The van der Waals surface area contributed by atoms with E-state index in [2.05, 4.69) is 0 Å². The molecule has 8 heteroatoms. The van der Waals surface area contributed by atoms with Gasteiger partial charge < -0.3 is 4.90 Å². The molecule has 0 aromatic heterocycles. The number of nitrogens with zero attached hydrogens (tertiary/aromatic N) is 2. The molecule has 2 aromatic carbocycles. The lowest BCUT2D eigenvalue weighted by atomic mass is 10.1. The van der Waals surface area contributed by atoms with Crippen molar-refractivity contribution < 1.29 is 21.6 Å². The summed E-state index contributed by atoms with van der Waals surface area (Å²) in [7, 11) is -3.93. The maximum atomic E-state index is 12.7. The molecule has 0 N–H and O–H groups in total. The van der Waals surface area contributed by atoms with Crippen molar-refractivity contribution in [2.75, 3.05) is 4.90 Å². The fourth-order valence-corrected chi connectivity index (χ4v) is 3.67. The molecular formula is C16H9F3N2O2S. The predicted octanol–water partition coefficient (Wildman–Crippen LogP) is 4.00. The topological polar surface area (TPSA) is 61.2 Å². The summed E-state index contributed by atoms with van der Waals surface area (Å²) < 4.78 is 62.7. The van der Waals surface area contributed by atoms with Crippen LogP contribution in [0.15, 0.2) is 64.5 Å². The van der Waals surface area contributed by atoms with Crippen molar-refractivity contribution in [3.05, 3.63) is 65.2 Å². The van der Waals surface area contributed by atoms with Crippen LogP contribution < -0.4 is 4.90 Å². The molecule has 0 saturated carbocycles. The van der Waals surface area contributed by atoms with Gasteiger partial charge in [0, 0.05) is 11.9 Å². The molecule has 0 aliphatic carbocycles. The molecule has 1 aliphatic heterocycles. The van der Waals surface area contributed by atoms with E-state index < -0.39 is 26.5 Å². The number of anilines is 2. The lowest BCUT2D eigenvalue weighted by molar-refractivity contribution is -0.137. The Morgan fingerprint density at radius 2 is 1.62 bits per heavy atom. The van der Waals surface area contributed by atoms with Crippen LogP contribution in [0.4, 0.5) is 24.5 Å². The number of allylic oxidation sites excluding steroid dienone is 1. The van der Waals surface area contributed by atoms with Crippen LogP contribution in [0.2, 0.25) is 0 Å². The number of fused-ring (bicyclic) bond motifs is 1.